The number of hydrogen-bond donors (Lipinski definition) is 1. The molecule has 7 atom stereocenters. The summed E-state index contributed by atoms with van der Waals surface area (Å²) in [7, 11) is 0. The van der Waals surface area contributed by atoms with E-state index in [0.717, 1.165) is 37.7 Å². The van der Waals surface area contributed by atoms with Gasteiger partial charge in [0, 0.05) is 24.7 Å². The van der Waals surface area contributed by atoms with Crippen molar-refractivity contribution in [2.24, 2.45) is 28.6 Å². The molecule has 0 aromatic carbocycles. The summed E-state index contributed by atoms with van der Waals surface area (Å²) >= 11 is 0. The molecule has 0 radical (unpaired) electrons. The summed E-state index contributed by atoms with van der Waals surface area (Å²) < 4.78 is 5.44. The number of ether oxygens (including phenoxy) is 1. The quantitative estimate of drug-likeness (QED) is 0.567. The lowest BCUT2D eigenvalue weighted by atomic mass is 9.46. The van der Waals surface area contributed by atoms with Crippen molar-refractivity contribution >= 4 is 11.8 Å². The number of fused-ring (bicyclic) bond motifs is 5. The molecule has 0 aromatic rings. The molecule has 27 heavy (non-hydrogen) atoms. The number of hydrogen-bond acceptors (Lipinski definition) is 4. The Hall–Kier alpha value is -1.60. The summed E-state index contributed by atoms with van der Waals surface area (Å²) in [6.45, 7) is 5.82. The first kappa shape index (κ1) is 18.7. The van der Waals surface area contributed by atoms with Crippen LogP contribution in [-0.4, -0.2) is 28.6 Å². The summed E-state index contributed by atoms with van der Waals surface area (Å²) in [5.41, 5.74) is -0.344. The fraction of sp³-hybridized carbons (Fsp3) is 0.739. The molecule has 0 saturated heterocycles. The highest BCUT2D eigenvalue weighted by molar-refractivity contribution is 5.94. The van der Waals surface area contributed by atoms with E-state index in [-0.39, 0.29) is 40.5 Å². The Morgan fingerprint density at radius 3 is 2.59 bits per heavy atom. The van der Waals surface area contributed by atoms with Crippen molar-refractivity contribution in [2.75, 3.05) is 0 Å². The minimum absolute atomic E-state index is 0.0204. The summed E-state index contributed by atoms with van der Waals surface area (Å²) in [5, 5.41) is 11.0. The molecular formula is C23H30O4. The van der Waals surface area contributed by atoms with Gasteiger partial charge in [-0.3, -0.25) is 9.59 Å². The number of allylic oxidation sites excluding steroid dienone is 1. The topological polar surface area (TPSA) is 63.6 Å². The lowest BCUT2D eigenvalue weighted by molar-refractivity contribution is -0.150. The number of terminal acetylenes is 1. The minimum Gasteiger partial charge on any atom is -0.462 e. The lowest BCUT2D eigenvalue weighted by Gasteiger charge is -2.57. The molecule has 0 aromatic heterocycles. The molecule has 4 aliphatic rings. The fourth-order valence-corrected chi connectivity index (χ4v) is 6.96. The number of aliphatic hydroxyl groups is 1. The molecule has 3 saturated carbocycles. The molecule has 0 amide bonds. The van der Waals surface area contributed by atoms with E-state index < -0.39 is 5.60 Å². The van der Waals surface area contributed by atoms with Crippen molar-refractivity contribution in [3.63, 3.8) is 0 Å². The van der Waals surface area contributed by atoms with Gasteiger partial charge in [0.15, 0.2) is 5.78 Å². The zero-order valence-corrected chi connectivity index (χ0v) is 16.6. The highest BCUT2D eigenvalue weighted by Crippen LogP contribution is 2.66. The van der Waals surface area contributed by atoms with Crippen molar-refractivity contribution in [1.82, 2.24) is 0 Å². The molecule has 4 rings (SSSR count). The summed E-state index contributed by atoms with van der Waals surface area (Å²) in [6.07, 6.45) is 13.1. The average molecular weight is 370 g/mol. The highest BCUT2D eigenvalue weighted by Gasteiger charge is 2.65. The number of esters is 1. The predicted octanol–water partition coefficient (Wildman–Crippen LogP) is 3.42. The van der Waals surface area contributed by atoms with E-state index in [1.165, 1.54) is 6.92 Å². The fourth-order valence-electron chi connectivity index (χ4n) is 6.96. The van der Waals surface area contributed by atoms with E-state index in [1.54, 1.807) is 0 Å². The molecular weight excluding hydrogens is 340 g/mol. The van der Waals surface area contributed by atoms with Crippen molar-refractivity contribution < 1.29 is 19.4 Å². The van der Waals surface area contributed by atoms with Crippen LogP contribution in [0.2, 0.25) is 0 Å². The molecule has 3 fully saturated rings. The maximum atomic E-state index is 13.2. The highest BCUT2D eigenvalue weighted by atomic mass is 16.5. The minimum atomic E-state index is -1.10. The van der Waals surface area contributed by atoms with E-state index >= 15 is 0 Å². The van der Waals surface area contributed by atoms with Gasteiger partial charge >= 0.3 is 5.97 Å². The van der Waals surface area contributed by atoms with Crippen LogP contribution >= 0.6 is 0 Å². The smallest absolute Gasteiger partial charge is 0.302 e. The van der Waals surface area contributed by atoms with E-state index in [2.05, 4.69) is 19.8 Å². The van der Waals surface area contributed by atoms with Gasteiger partial charge in [0.2, 0.25) is 0 Å². The Morgan fingerprint density at radius 1 is 1.22 bits per heavy atom. The summed E-state index contributed by atoms with van der Waals surface area (Å²) in [5.74, 6) is 2.98. The van der Waals surface area contributed by atoms with Crippen LogP contribution in [0.15, 0.2) is 11.6 Å². The van der Waals surface area contributed by atoms with Crippen LogP contribution in [0.1, 0.15) is 65.7 Å². The van der Waals surface area contributed by atoms with Crippen molar-refractivity contribution in [3.8, 4) is 12.3 Å². The maximum absolute atomic E-state index is 13.2. The average Bonchev–Trinajstić information content (AvgIpc) is 2.88. The van der Waals surface area contributed by atoms with Gasteiger partial charge in [0.05, 0.1) is 0 Å². The van der Waals surface area contributed by atoms with Gasteiger partial charge in [-0.25, -0.2) is 0 Å². The van der Waals surface area contributed by atoms with Gasteiger partial charge in [-0.1, -0.05) is 25.3 Å². The van der Waals surface area contributed by atoms with Gasteiger partial charge in [0.1, 0.15) is 11.7 Å². The molecule has 0 spiro atoms. The third-order valence-corrected chi connectivity index (χ3v) is 8.62. The molecule has 0 heterocycles. The largest absolute Gasteiger partial charge is 0.462 e. The van der Waals surface area contributed by atoms with Crippen molar-refractivity contribution in [1.29, 1.82) is 0 Å². The number of rotatable bonds is 1. The van der Waals surface area contributed by atoms with Crippen LogP contribution in [0.4, 0.5) is 0 Å². The first-order chi connectivity index (χ1) is 12.6. The van der Waals surface area contributed by atoms with E-state index in [0.29, 0.717) is 18.8 Å². The normalized spacial score (nSPS) is 48.6. The second kappa shape index (κ2) is 5.95. The lowest BCUT2D eigenvalue weighted by Crippen LogP contribution is -2.56. The zero-order valence-electron chi connectivity index (χ0n) is 16.6. The molecule has 4 aliphatic carbocycles. The summed E-state index contributed by atoms with van der Waals surface area (Å²) in [4.78, 5) is 24.6. The molecule has 4 nitrogen and oxygen atoms in total. The van der Waals surface area contributed by atoms with Crippen molar-refractivity contribution in [3.05, 3.63) is 11.6 Å². The molecule has 146 valence electrons. The Bertz CT molecular complexity index is 761. The van der Waals surface area contributed by atoms with Crippen LogP contribution in [0.25, 0.3) is 0 Å². The van der Waals surface area contributed by atoms with Gasteiger partial charge in [-0.2, -0.15) is 0 Å². The molecule has 4 heteroatoms. The Kier molecular flexibility index (Phi) is 4.13. The van der Waals surface area contributed by atoms with Gasteiger partial charge in [0.25, 0.3) is 0 Å². The van der Waals surface area contributed by atoms with Crippen LogP contribution in [0.5, 0.6) is 0 Å². The Labute approximate surface area is 161 Å². The van der Waals surface area contributed by atoms with E-state index in [1.807, 2.05) is 6.08 Å². The Balaban J connectivity index is 1.68. The monoisotopic (exact) mass is 370 g/mol. The molecule has 0 aliphatic heterocycles. The van der Waals surface area contributed by atoms with E-state index in [4.69, 9.17) is 11.2 Å². The summed E-state index contributed by atoms with van der Waals surface area (Å²) in [6, 6.07) is 0. The number of carbonyl (C=O) groups excluding carboxylic acids is 2. The van der Waals surface area contributed by atoms with Gasteiger partial charge in [-0.05, 0) is 61.9 Å². The standard InChI is InChI=1S/C23H30O4/c1-5-23(26)11-8-18-20-17(7-10-22(18,23)4)21(3)9-6-16(27-14(2)24)12-15(21)13-19(20)25/h1,13,16-18,20,26H,6-12H2,2-4H3/t16-,17-,18-,20+,21-,22-,23-/m0/s1. The molecule has 1 N–H and O–H groups in total. The van der Waals surface area contributed by atoms with Crippen LogP contribution < -0.4 is 0 Å². The third-order valence-electron chi connectivity index (χ3n) is 8.62. The third kappa shape index (κ3) is 2.47. The first-order valence-electron chi connectivity index (χ1n) is 10.3. The van der Waals surface area contributed by atoms with Crippen LogP contribution in [0, 0.1) is 40.9 Å². The first-order valence-corrected chi connectivity index (χ1v) is 10.3. The van der Waals surface area contributed by atoms with E-state index in [9.17, 15) is 14.7 Å². The molecule has 0 unspecified atom stereocenters. The SMILES string of the molecule is C#C[C@]1(O)CC[C@H]2[C@@H]3C(=O)C=C4C[C@@H](OC(C)=O)CC[C@]4(C)[C@H]3CC[C@@]21C. The van der Waals surface area contributed by atoms with Gasteiger partial charge < -0.3 is 9.84 Å². The second-order valence-corrected chi connectivity index (χ2v) is 9.70. The Morgan fingerprint density at radius 2 is 1.93 bits per heavy atom. The van der Waals surface area contributed by atoms with Crippen molar-refractivity contribution in [2.45, 2.75) is 77.4 Å². The van der Waals surface area contributed by atoms with Crippen LogP contribution in [0.3, 0.4) is 0 Å². The zero-order chi connectivity index (χ0) is 19.6. The molecule has 0 bridgehead atoms. The second-order valence-electron chi connectivity index (χ2n) is 9.70. The maximum Gasteiger partial charge on any atom is 0.302 e. The van der Waals surface area contributed by atoms with Gasteiger partial charge in [-0.15, -0.1) is 6.42 Å². The van der Waals surface area contributed by atoms with Crippen LogP contribution in [-0.2, 0) is 14.3 Å². The number of carbonyl (C=O) groups is 2. The predicted molar refractivity (Wildman–Crippen MR) is 101 cm³/mol. The number of ketones is 1.